The van der Waals surface area contributed by atoms with Crippen LogP contribution in [0.1, 0.15) is 36.4 Å². The van der Waals surface area contributed by atoms with Gasteiger partial charge in [-0.15, -0.1) is 12.4 Å². The summed E-state index contributed by atoms with van der Waals surface area (Å²) in [7, 11) is 0. The lowest BCUT2D eigenvalue weighted by molar-refractivity contribution is 0.157. The number of halogens is 2. The van der Waals surface area contributed by atoms with Gasteiger partial charge in [0, 0.05) is 37.8 Å². The quantitative estimate of drug-likeness (QED) is 0.917. The number of aryl methyl sites for hydroxylation is 1. The third kappa shape index (κ3) is 3.72. The van der Waals surface area contributed by atoms with Gasteiger partial charge in [0.15, 0.2) is 0 Å². The third-order valence-electron chi connectivity index (χ3n) is 4.36. The van der Waals surface area contributed by atoms with E-state index in [0.717, 1.165) is 49.6 Å². The molecule has 1 heterocycles. The Morgan fingerprint density at radius 2 is 2.00 bits per heavy atom. The molecule has 0 spiro atoms. The summed E-state index contributed by atoms with van der Waals surface area (Å²) in [4.78, 5) is 2.46. The number of nitrogens with zero attached hydrogens (tertiary/aromatic N) is 1. The second-order valence-electron chi connectivity index (χ2n) is 6.01. The van der Waals surface area contributed by atoms with Crippen LogP contribution in [0.15, 0.2) is 18.2 Å². The highest BCUT2D eigenvalue weighted by Crippen LogP contribution is 2.40. The van der Waals surface area contributed by atoms with E-state index in [1.54, 1.807) is 6.07 Å². The molecule has 0 aromatic heterocycles. The SMILES string of the molecule is Cc1ccc(F)c([C@H](CC2CC2)N2CCNCC2)c1.Cl. The van der Waals surface area contributed by atoms with E-state index in [4.69, 9.17) is 0 Å². The summed E-state index contributed by atoms with van der Waals surface area (Å²) in [6, 6.07) is 5.82. The maximum Gasteiger partial charge on any atom is 0.128 e. The van der Waals surface area contributed by atoms with Crippen molar-refractivity contribution in [2.45, 2.75) is 32.2 Å². The van der Waals surface area contributed by atoms with Crippen LogP contribution in [0, 0.1) is 18.7 Å². The Bertz CT molecular complexity index is 442. The summed E-state index contributed by atoms with van der Waals surface area (Å²) >= 11 is 0. The molecular formula is C16H24ClFN2. The molecule has 1 N–H and O–H groups in total. The second-order valence-corrected chi connectivity index (χ2v) is 6.01. The van der Waals surface area contributed by atoms with Crippen LogP contribution in [0.25, 0.3) is 0 Å². The molecule has 2 fully saturated rings. The average molecular weight is 299 g/mol. The van der Waals surface area contributed by atoms with Gasteiger partial charge in [0.25, 0.3) is 0 Å². The van der Waals surface area contributed by atoms with E-state index >= 15 is 0 Å². The Hall–Kier alpha value is -0.640. The lowest BCUT2D eigenvalue weighted by Gasteiger charge is -2.35. The molecule has 0 bridgehead atoms. The molecule has 0 amide bonds. The Morgan fingerprint density at radius 1 is 1.30 bits per heavy atom. The van der Waals surface area contributed by atoms with Crippen molar-refractivity contribution < 1.29 is 4.39 Å². The van der Waals surface area contributed by atoms with E-state index in [2.05, 4.69) is 17.1 Å². The van der Waals surface area contributed by atoms with Crippen molar-refractivity contribution in [1.82, 2.24) is 10.2 Å². The highest BCUT2D eigenvalue weighted by Gasteiger charge is 2.31. The minimum absolute atomic E-state index is 0. The summed E-state index contributed by atoms with van der Waals surface area (Å²) in [5.74, 6) is 0.787. The first-order valence-corrected chi connectivity index (χ1v) is 7.45. The number of hydrogen-bond donors (Lipinski definition) is 1. The van der Waals surface area contributed by atoms with Crippen molar-refractivity contribution in [3.63, 3.8) is 0 Å². The van der Waals surface area contributed by atoms with Crippen LogP contribution in [0.3, 0.4) is 0 Å². The summed E-state index contributed by atoms with van der Waals surface area (Å²) in [6.45, 7) is 6.16. The molecule has 3 rings (SSSR count). The molecule has 1 aromatic carbocycles. The van der Waals surface area contributed by atoms with E-state index < -0.39 is 0 Å². The molecule has 0 unspecified atom stereocenters. The molecular weight excluding hydrogens is 275 g/mol. The van der Waals surface area contributed by atoms with Crippen molar-refractivity contribution in [1.29, 1.82) is 0 Å². The first-order chi connectivity index (χ1) is 9.24. The van der Waals surface area contributed by atoms with Gasteiger partial charge in [-0.3, -0.25) is 4.90 Å². The topological polar surface area (TPSA) is 15.3 Å². The maximum absolute atomic E-state index is 14.2. The number of rotatable bonds is 4. The molecule has 1 aromatic rings. The fourth-order valence-corrected chi connectivity index (χ4v) is 3.05. The largest absolute Gasteiger partial charge is 0.314 e. The van der Waals surface area contributed by atoms with Crippen LogP contribution in [-0.2, 0) is 0 Å². The summed E-state index contributed by atoms with van der Waals surface area (Å²) < 4.78 is 14.2. The van der Waals surface area contributed by atoms with Gasteiger partial charge in [0.05, 0.1) is 0 Å². The molecule has 2 aliphatic rings. The minimum atomic E-state index is -0.0326. The standard InChI is InChI=1S/C16H23FN2.ClH/c1-12-2-5-15(17)14(10-12)16(11-13-3-4-13)19-8-6-18-7-9-19;/h2,5,10,13,16,18H,3-4,6-9,11H2,1H3;1H/t16-;/m0./s1. The van der Waals surface area contributed by atoms with Crippen molar-refractivity contribution in [3.8, 4) is 0 Å². The average Bonchev–Trinajstić information content (AvgIpc) is 3.24. The molecule has 2 nitrogen and oxygen atoms in total. The van der Waals surface area contributed by atoms with Crippen molar-refractivity contribution in [2.24, 2.45) is 5.92 Å². The maximum atomic E-state index is 14.2. The third-order valence-corrected chi connectivity index (χ3v) is 4.36. The van der Waals surface area contributed by atoms with Crippen LogP contribution in [0.5, 0.6) is 0 Å². The van der Waals surface area contributed by atoms with E-state index in [0.29, 0.717) is 0 Å². The summed E-state index contributed by atoms with van der Waals surface area (Å²) in [5.41, 5.74) is 2.07. The van der Waals surface area contributed by atoms with Crippen molar-refractivity contribution in [2.75, 3.05) is 26.2 Å². The fourth-order valence-electron chi connectivity index (χ4n) is 3.05. The smallest absolute Gasteiger partial charge is 0.128 e. The van der Waals surface area contributed by atoms with E-state index in [-0.39, 0.29) is 24.3 Å². The first-order valence-electron chi connectivity index (χ1n) is 7.45. The van der Waals surface area contributed by atoms with Gasteiger partial charge in [-0.05, 0) is 25.3 Å². The number of hydrogen-bond acceptors (Lipinski definition) is 2. The zero-order valence-electron chi connectivity index (χ0n) is 12.1. The van der Waals surface area contributed by atoms with Crippen LogP contribution in [-0.4, -0.2) is 31.1 Å². The molecule has 1 aliphatic carbocycles. The van der Waals surface area contributed by atoms with E-state index in [1.807, 2.05) is 12.1 Å². The Morgan fingerprint density at radius 3 is 2.65 bits per heavy atom. The van der Waals surface area contributed by atoms with Crippen LogP contribution in [0.4, 0.5) is 4.39 Å². The molecule has 0 radical (unpaired) electrons. The zero-order valence-corrected chi connectivity index (χ0v) is 12.9. The first kappa shape index (κ1) is 15.7. The van der Waals surface area contributed by atoms with Crippen LogP contribution >= 0.6 is 12.4 Å². The van der Waals surface area contributed by atoms with Crippen LogP contribution in [0.2, 0.25) is 0 Å². The Kier molecular flexibility index (Phi) is 5.42. The molecule has 1 saturated carbocycles. The van der Waals surface area contributed by atoms with Gasteiger partial charge in [-0.1, -0.05) is 30.5 Å². The zero-order chi connectivity index (χ0) is 13.2. The molecule has 1 aliphatic heterocycles. The summed E-state index contributed by atoms with van der Waals surface area (Å²) in [6.07, 6.45) is 3.78. The highest BCUT2D eigenvalue weighted by atomic mass is 35.5. The predicted molar refractivity (Wildman–Crippen MR) is 82.9 cm³/mol. The molecule has 112 valence electrons. The monoisotopic (exact) mass is 298 g/mol. The Labute approximate surface area is 127 Å². The van der Waals surface area contributed by atoms with E-state index in [1.165, 1.54) is 12.8 Å². The Balaban J connectivity index is 0.00000147. The van der Waals surface area contributed by atoms with Crippen LogP contribution < -0.4 is 5.32 Å². The normalized spacial score (nSPS) is 21.3. The van der Waals surface area contributed by atoms with Gasteiger partial charge in [0.1, 0.15) is 5.82 Å². The van der Waals surface area contributed by atoms with Gasteiger partial charge in [-0.2, -0.15) is 0 Å². The van der Waals surface area contributed by atoms with Crippen molar-refractivity contribution >= 4 is 12.4 Å². The predicted octanol–water partition coefficient (Wildman–Crippen LogP) is 3.30. The molecule has 4 heteroatoms. The summed E-state index contributed by atoms with van der Waals surface area (Å²) in [5, 5.41) is 3.38. The second kappa shape index (κ2) is 6.88. The highest BCUT2D eigenvalue weighted by molar-refractivity contribution is 5.85. The lowest BCUT2D eigenvalue weighted by Crippen LogP contribution is -2.45. The minimum Gasteiger partial charge on any atom is -0.314 e. The fraction of sp³-hybridized carbons (Fsp3) is 0.625. The van der Waals surface area contributed by atoms with Gasteiger partial charge < -0.3 is 5.32 Å². The van der Waals surface area contributed by atoms with Crippen molar-refractivity contribution in [3.05, 3.63) is 35.1 Å². The van der Waals surface area contributed by atoms with Gasteiger partial charge in [-0.25, -0.2) is 4.39 Å². The molecule has 20 heavy (non-hydrogen) atoms. The number of piperazine rings is 1. The van der Waals surface area contributed by atoms with Gasteiger partial charge >= 0.3 is 0 Å². The lowest BCUT2D eigenvalue weighted by atomic mass is 9.96. The number of benzene rings is 1. The van der Waals surface area contributed by atoms with Gasteiger partial charge in [0.2, 0.25) is 0 Å². The molecule has 1 atom stereocenters. The molecule has 1 saturated heterocycles. The van der Waals surface area contributed by atoms with E-state index in [9.17, 15) is 4.39 Å². The number of nitrogens with one attached hydrogen (secondary N) is 1.